The van der Waals surface area contributed by atoms with Gasteiger partial charge in [0.05, 0.1) is 12.8 Å². The first-order valence-electron chi connectivity index (χ1n) is 5.47. The second kappa shape index (κ2) is 7.63. The Hall–Kier alpha value is -1.64. The van der Waals surface area contributed by atoms with Crippen molar-refractivity contribution in [1.82, 2.24) is 5.32 Å². The molecular weight excluding hydrogens is 200 g/mol. The minimum Gasteiger partial charge on any atom is -0.481 e. The van der Waals surface area contributed by atoms with Crippen molar-refractivity contribution in [1.29, 1.82) is 0 Å². The van der Waals surface area contributed by atoms with Crippen LogP contribution in [0.3, 0.4) is 0 Å². The highest BCUT2D eigenvalue weighted by Crippen LogP contribution is 2.12. The van der Waals surface area contributed by atoms with Gasteiger partial charge in [-0.1, -0.05) is 43.7 Å². The molecule has 0 aliphatic heterocycles. The average molecular weight is 222 g/mol. The summed E-state index contributed by atoms with van der Waals surface area (Å²) >= 11 is 0. The van der Waals surface area contributed by atoms with E-state index in [0.717, 1.165) is 5.56 Å². The number of hydrogen-bond acceptors (Lipinski definition) is 3. The zero-order valence-corrected chi connectivity index (χ0v) is 10.8. The molecule has 1 aromatic carbocycles. The standard InChI is InChI=1S/C11H16N2O.C2H6/c1-8-4-6-9(7-5-8)10(12)11(13-2)14-3;1-2/h4-7,13H,12H2,1-3H3;1-2H3/b11-10+;. The summed E-state index contributed by atoms with van der Waals surface area (Å²) in [7, 11) is 3.37. The topological polar surface area (TPSA) is 47.3 Å². The van der Waals surface area contributed by atoms with Gasteiger partial charge in [-0.15, -0.1) is 0 Å². The van der Waals surface area contributed by atoms with Crippen LogP contribution in [0.1, 0.15) is 25.0 Å². The first-order chi connectivity index (χ1) is 7.69. The highest BCUT2D eigenvalue weighted by atomic mass is 16.5. The van der Waals surface area contributed by atoms with E-state index >= 15 is 0 Å². The second-order valence-corrected chi connectivity index (χ2v) is 3.06. The van der Waals surface area contributed by atoms with Crippen LogP contribution in [0, 0.1) is 6.92 Å². The molecule has 1 aromatic rings. The fourth-order valence-corrected chi connectivity index (χ4v) is 1.21. The number of nitrogens with two attached hydrogens (primary N) is 1. The van der Waals surface area contributed by atoms with Crippen LogP contribution in [0.15, 0.2) is 30.1 Å². The van der Waals surface area contributed by atoms with Crippen molar-refractivity contribution in [3.63, 3.8) is 0 Å². The van der Waals surface area contributed by atoms with Gasteiger partial charge in [-0.05, 0) is 6.92 Å². The second-order valence-electron chi connectivity index (χ2n) is 3.06. The summed E-state index contributed by atoms with van der Waals surface area (Å²) in [6.45, 7) is 6.04. The summed E-state index contributed by atoms with van der Waals surface area (Å²) in [5.41, 5.74) is 8.70. The number of aryl methyl sites for hydroxylation is 1. The lowest BCUT2D eigenvalue weighted by Crippen LogP contribution is -2.14. The molecule has 3 heteroatoms. The van der Waals surface area contributed by atoms with Gasteiger partial charge in [-0.2, -0.15) is 0 Å². The molecule has 0 radical (unpaired) electrons. The van der Waals surface area contributed by atoms with Crippen molar-refractivity contribution in [2.45, 2.75) is 20.8 Å². The molecular formula is C13H22N2O. The summed E-state index contributed by atoms with van der Waals surface area (Å²) in [5, 5.41) is 2.90. The van der Waals surface area contributed by atoms with Crippen molar-refractivity contribution in [3.8, 4) is 0 Å². The van der Waals surface area contributed by atoms with E-state index < -0.39 is 0 Å². The van der Waals surface area contributed by atoms with Gasteiger partial charge in [0.2, 0.25) is 5.88 Å². The SMILES string of the molecule is CC.CN/C(OC)=C(\N)c1ccc(C)cc1. The fraction of sp³-hybridized carbons (Fsp3) is 0.385. The third-order valence-corrected chi connectivity index (χ3v) is 2.04. The normalized spacial score (nSPS) is 10.8. The monoisotopic (exact) mass is 222 g/mol. The molecule has 0 atom stereocenters. The van der Waals surface area contributed by atoms with E-state index in [2.05, 4.69) is 5.32 Å². The Bertz CT molecular complexity index is 322. The minimum atomic E-state index is 0.592. The van der Waals surface area contributed by atoms with Crippen molar-refractivity contribution in [2.24, 2.45) is 5.73 Å². The molecule has 0 fully saturated rings. The average Bonchev–Trinajstić information content (AvgIpc) is 2.34. The van der Waals surface area contributed by atoms with Crippen LogP contribution in [0.25, 0.3) is 5.70 Å². The Morgan fingerprint density at radius 2 is 1.69 bits per heavy atom. The largest absolute Gasteiger partial charge is 0.481 e. The van der Waals surface area contributed by atoms with E-state index in [1.807, 2.05) is 45.0 Å². The summed E-state index contributed by atoms with van der Waals surface area (Å²) in [6, 6.07) is 7.98. The Morgan fingerprint density at radius 1 is 1.19 bits per heavy atom. The molecule has 0 aliphatic rings. The lowest BCUT2D eigenvalue weighted by molar-refractivity contribution is 0.270. The van der Waals surface area contributed by atoms with Crippen molar-refractivity contribution < 1.29 is 4.74 Å². The van der Waals surface area contributed by atoms with Gasteiger partial charge in [0.15, 0.2) is 0 Å². The van der Waals surface area contributed by atoms with Crippen LogP contribution < -0.4 is 11.1 Å². The highest BCUT2D eigenvalue weighted by molar-refractivity contribution is 5.64. The quantitative estimate of drug-likeness (QED) is 0.772. The Labute approximate surface area is 98.3 Å². The number of methoxy groups -OCH3 is 1. The van der Waals surface area contributed by atoms with Gasteiger partial charge in [-0.3, -0.25) is 0 Å². The van der Waals surface area contributed by atoms with Crippen LogP contribution in [-0.4, -0.2) is 14.2 Å². The molecule has 3 N–H and O–H groups in total. The van der Waals surface area contributed by atoms with Gasteiger partial charge in [0.1, 0.15) is 0 Å². The molecule has 0 unspecified atom stereocenters. The maximum atomic E-state index is 5.90. The molecule has 0 saturated heterocycles. The van der Waals surface area contributed by atoms with E-state index in [4.69, 9.17) is 10.5 Å². The van der Waals surface area contributed by atoms with Gasteiger partial charge >= 0.3 is 0 Å². The number of benzene rings is 1. The zero-order chi connectivity index (χ0) is 12.6. The van der Waals surface area contributed by atoms with Gasteiger partial charge in [0, 0.05) is 12.6 Å². The van der Waals surface area contributed by atoms with Gasteiger partial charge in [0.25, 0.3) is 0 Å². The summed E-state index contributed by atoms with van der Waals surface area (Å²) in [6.07, 6.45) is 0. The molecule has 0 spiro atoms. The number of ether oxygens (including phenoxy) is 1. The maximum absolute atomic E-state index is 5.90. The van der Waals surface area contributed by atoms with E-state index in [0.29, 0.717) is 11.6 Å². The van der Waals surface area contributed by atoms with E-state index in [-0.39, 0.29) is 0 Å². The molecule has 1 rings (SSSR count). The minimum absolute atomic E-state index is 0.592. The van der Waals surface area contributed by atoms with Crippen molar-refractivity contribution in [3.05, 3.63) is 41.3 Å². The van der Waals surface area contributed by atoms with Crippen molar-refractivity contribution >= 4 is 5.70 Å². The highest BCUT2D eigenvalue weighted by Gasteiger charge is 2.03. The summed E-state index contributed by atoms with van der Waals surface area (Å²) in [4.78, 5) is 0. The predicted octanol–water partition coefficient (Wildman–Crippen LogP) is 2.47. The molecule has 90 valence electrons. The van der Waals surface area contributed by atoms with Gasteiger partial charge in [-0.25, -0.2) is 0 Å². The number of hydrogen-bond donors (Lipinski definition) is 2. The molecule has 0 aliphatic carbocycles. The van der Waals surface area contributed by atoms with E-state index in [1.165, 1.54) is 5.56 Å². The Kier molecular flexibility index (Phi) is 6.84. The molecule has 0 heterocycles. The molecule has 16 heavy (non-hydrogen) atoms. The fourth-order valence-electron chi connectivity index (χ4n) is 1.21. The summed E-state index contributed by atoms with van der Waals surface area (Å²) < 4.78 is 5.09. The third kappa shape index (κ3) is 3.85. The van der Waals surface area contributed by atoms with E-state index in [9.17, 15) is 0 Å². The van der Waals surface area contributed by atoms with Crippen molar-refractivity contribution in [2.75, 3.05) is 14.2 Å². The lowest BCUT2D eigenvalue weighted by Gasteiger charge is -2.09. The number of rotatable bonds is 3. The predicted molar refractivity (Wildman–Crippen MR) is 69.7 cm³/mol. The first-order valence-corrected chi connectivity index (χ1v) is 5.47. The zero-order valence-electron chi connectivity index (χ0n) is 10.8. The maximum Gasteiger partial charge on any atom is 0.210 e. The molecule has 0 saturated carbocycles. The number of nitrogens with one attached hydrogen (secondary N) is 1. The van der Waals surface area contributed by atoms with Crippen LogP contribution in [0.5, 0.6) is 0 Å². The molecule has 0 bridgehead atoms. The van der Waals surface area contributed by atoms with Crippen LogP contribution in [0.4, 0.5) is 0 Å². The Balaban J connectivity index is 0.00000106. The van der Waals surface area contributed by atoms with E-state index in [1.54, 1.807) is 14.2 Å². The lowest BCUT2D eigenvalue weighted by atomic mass is 10.1. The molecule has 0 aromatic heterocycles. The summed E-state index contributed by atoms with van der Waals surface area (Å²) in [5.74, 6) is 0.592. The third-order valence-electron chi connectivity index (χ3n) is 2.04. The van der Waals surface area contributed by atoms with Crippen LogP contribution >= 0.6 is 0 Å². The first kappa shape index (κ1) is 14.4. The Morgan fingerprint density at radius 3 is 2.06 bits per heavy atom. The van der Waals surface area contributed by atoms with Crippen LogP contribution in [-0.2, 0) is 4.74 Å². The molecule has 0 amide bonds. The molecule has 3 nitrogen and oxygen atoms in total. The van der Waals surface area contributed by atoms with Crippen LogP contribution in [0.2, 0.25) is 0 Å². The van der Waals surface area contributed by atoms with Gasteiger partial charge < -0.3 is 15.8 Å². The smallest absolute Gasteiger partial charge is 0.210 e.